The molecule has 4 N–H and O–H groups in total. The summed E-state index contributed by atoms with van der Waals surface area (Å²) in [7, 11) is 0. The molecule has 3 aliphatic rings. The molecule has 116 valence electrons. The predicted molar refractivity (Wildman–Crippen MR) is 85.3 cm³/mol. The van der Waals surface area contributed by atoms with Crippen LogP contribution in [0.1, 0.15) is 30.0 Å². The molecule has 2 aromatic rings. The lowest BCUT2D eigenvalue weighted by Gasteiger charge is -2.26. The molecule has 0 bridgehead atoms. The number of aromatic nitrogens is 1. The van der Waals surface area contributed by atoms with Crippen molar-refractivity contribution in [2.45, 2.75) is 24.9 Å². The van der Waals surface area contributed by atoms with Crippen LogP contribution in [-0.2, 0) is 9.59 Å². The van der Waals surface area contributed by atoms with Gasteiger partial charge in [-0.25, -0.2) is 0 Å². The molecule has 23 heavy (non-hydrogen) atoms. The van der Waals surface area contributed by atoms with E-state index in [0.29, 0.717) is 11.3 Å². The molecule has 1 fully saturated rings. The molecular weight excluding hydrogens is 292 g/mol. The second-order valence-electron chi connectivity index (χ2n) is 6.33. The van der Waals surface area contributed by atoms with Crippen molar-refractivity contribution in [2.75, 3.05) is 6.54 Å². The average molecular weight is 308 g/mol. The molecule has 6 nitrogen and oxygen atoms in total. The van der Waals surface area contributed by atoms with Crippen molar-refractivity contribution in [3.05, 3.63) is 41.2 Å². The zero-order valence-electron chi connectivity index (χ0n) is 12.4. The number of imide groups is 1. The summed E-state index contributed by atoms with van der Waals surface area (Å²) in [5.74, 6) is -0.664. The van der Waals surface area contributed by atoms with Crippen LogP contribution in [0.2, 0.25) is 0 Å². The maximum atomic E-state index is 12.3. The number of H-pyrrole nitrogens is 1. The molecule has 1 aromatic carbocycles. The van der Waals surface area contributed by atoms with E-state index < -0.39 is 0 Å². The Morgan fingerprint density at radius 1 is 1.13 bits per heavy atom. The van der Waals surface area contributed by atoms with Gasteiger partial charge < -0.3 is 15.6 Å². The fourth-order valence-electron chi connectivity index (χ4n) is 4.07. The third-order valence-electron chi connectivity index (χ3n) is 5.07. The summed E-state index contributed by atoms with van der Waals surface area (Å²) in [5, 5.41) is 10.3. The van der Waals surface area contributed by atoms with Gasteiger partial charge in [-0.1, -0.05) is 12.1 Å². The first-order chi connectivity index (χ1) is 11.2. The summed E-state index contributed by atoms with van der Waals surface area (Å²) in [6.07, 6.45) is 4.00. The van der Waals surface area contributed by atoms with E-state index >= 15 is 0 Å². The number of carbonyl (C=O) groups excluding carboxylic acids is 2. The Morgan fingerprint density at radius 3 is 2.87 bits per heavy atom. The summed E-state index contributed by atoms with van der Waals surface area (Å²) in [6.45, 7) is 0.982. The first-order valence-corrected chi connectivity index (χ1v) is 7.94. The lowest BCUT2D eigenvalue weighted by molar-refractivity contribution is -0.123. The number of benzene rings is 1. The van der Waals surface area contributed by atoms with E-state index in [1.165, 1.54) is 0 Å². The van der Waals surface area contributed by atoms with Gasteiger partial charge in [0.15, 0.2) is 0 Å². The van der Waals surface area contributed by atoms with Crippen LogP contribution in [0.3, 0.4) is 0 Å². The van der Waals surface area contributed by atoms with Crippen LogP contribution in [0.5, 0.6) is 0 Å². The van der Waals surface area contributed by atoms with Crippen molar-refractivity contribution in [2.24, 2.45) is 0 Å². The lowest BCUT2D eigenvalue weighted by atomic mass is 9.93. The van der Waals surface area contributed by atoms with Crippen molar-refractivity contribution in [1.29, 1.82) is 0 Å². The zero-order chi connectivity index (χ0) is 15.6. The van der Waals surface area contributed by atoms with Crippen LogP contribution >= 0.6 is 0 Å². The molecule has 2 amide bonds. The van der Waals surface area contributed by atoms with E-state index in [1.54, 1.807) is 0 Å². The standard InChI is InChI=1S/C17H16N4O2/c22-16-13-9-7-19-10-4-1-3-8(12(9)10)14(11-5-2-6-18-11)20-15(13)17(23)21-16/h1,3-4,7,11,14,18-20H,2,5-6H2,(H,21,22,23). The van der Waals surface area contributed by atoms with Gasteiger partial charge in [0, 0.05) is 28.7 Å². The fraction of sp³-hybridized carbons (Fsp3) is 0.294. The van der Waals surface area contributed by atoms with E-state index in [0.717, 1.165) is 41.4 Å². The number of nitrogens with one attached hydrogen (secondary N) is 4. The van der Waals surface area contributed by atoms with E-state index in [2.05, 4.69) is 27.0 Å². The Balaban J connectivity index is 1.81. The van der Waals surface area contributed by atoms with Gasteiger partial charge in [-0.15, -0.1) is 0 Å². The SMILES string of the molecule is O=C1NC(=O)C2=C1NC(C1CCCN1)c1cccc3[nH]cc2c13. The highest BCUT2D eigenvalue weighted by atomic mass is 16.2. The van der Waals surface area contributed by atoms with Gasteiger partial charge in [0.1, 0.15) is 5.70 Å². The normalized spacial score (nSPS) is 26.3. The Morgan fingerprint density at radius 2 is 2.04 bits per heavy atom. The largest absolute Gasteiger partial charge is 0.371 e. The highest BCUT2D eigenvalue weighted by Gasteiger charge is 2.39. The molecule has 2 atom stereocenters. The van der Waals surface area contributed by atoms with E-state index in [1.807, 2.05) is 18.3 Å². The van der Waals surface area contributed by atoms with Gasteiger partial charge in [0.05, 0.1) is 11.6 Å². The van der Waals surface area contributed by atoms with Gasteiger partial charge in [0.25, 0.3) is 11.8 Å². The number of rotatable bonds is 1. The highest BCUT2D eigenvalue weighted by molar-refractivity contribution is 6.37. The molecule has 5 rings (SSSR count). The minimum atomic E-state index is -0.338. The fourth-order valence-corrected chi connectivity index (χ4v) is 4.07. The monoisotopic (exact) mass is 308 g/mol. The molecule has 6 heteroatoms. The van der Waals surface area contributed by atoms with Crippen LogP contribution in [0, 0.1) is 0 Å². The van der Waals surface area contributed by atoms with Gasteiger partial charge in [-0.2, -0.15) is 0 Å². The molecule has 2 unspecified atom stereocenters. The summed E-state index contributed by atoms with van der Waals surface area (Å²) in [5.41, 5.74) is 3.78. The molecule has 0 saturated carbocycles. The first kappa shape index (κ1) is 12.9. The molecule has 0 aliphatic carbocycles. The van der Waals surface area contributed by atoms with Gasteiger partial charge in [0.2, 0.25) is 0 Å². The van der Waals surface area contributed by atoms with Crippen LogP contribution in [0.4, 0.5) is 0 Å². The number of aromatic amines is 1. The Hall–Kier alpha value is -2.60. The number of amides is 2. The molecule has 4 heterocycles. The lowest BCUT2D eigenvalue weighted by Crippen LogP contribution is -2.39. The molecule has 3 aliphatic heterocycles. The summed E-state index contributed by atoms with van der Waals surface area (Å²) in [6, 6.07) is 6.32. The van der Waals surface area contributed by atoms with Crippen LogP contribution in [-0.4, -0.2) is 29.4 Å². The van der Waals surface area contributed by atoms with E-state index in [9.17, 15) is 9.59 Å². The Bertz CT molecular complexity index is 889. The molecule has 1 aromatic heterocycles. The summed E-state index contributed by atoms with van der Waals surface area (Å²) >= 11 is 0. The smallest absolute Gasteiger partial charge is 0.275 e. The van der Waals surface area contributed by atoms with Crippen LogP contribution in [0.15, 0.2) is 30.1 Å². The third kappa shape index (κ3) is 1.66. The average Bonchev–Trinajstić information content (AvgIpc) is 3.22. The second-order valence-corrected chi connectivity index (χ2v) is 6.33. The van der Waals surface area contributed by atoms with E-state index in [4.69, 9.17) is 0 Å². The molecule has 0 spiro atoms. The van der Waals surface area contributed by atoms with Crippen molar-refractivity contribution < 1.29 is 9.59 Å². The quantitative estimate of drug-likeness (QED) is 0.591. The number of fused-ring (bicyclic) bond motifs is 1. The molecule has 1 saturated heterocycles. The molecule has 0 radical (unpaired) electrons. The van der Waals surface area contributed by atoms with Crippen molar-refractivity contribution in [3.63, 3.8) is 0 Å². The van der Waals surface area contributed by atoms with Crippen LogP contribution < -0.4 is 16.0 Å². The first-order valence-electron chi connectivity index (χ1n) is 7.94. The molecular formula is C17H16N4O2. The topological polar surface area (TPSA) is 86.0 Å². The third-order valence-corrected chi connectivity index (χ3v) is 5.07. The van der Waals surface area contributed by atoms with Gasteiger partial charge >= 0.3 is 0 Å². The summed E-state index contributed by atoms with van der Waals surface area (Å²) < 4.78 is 0. The van der Waals surface area contributed by atoms with Gasteiger partial charge in [-0.3, -0.25) is 14.9 Å². The van der Waals surface area contributed by atoms with Crippen molar-refractivity contribution in [1.82, 2.24) is 20.9 Å². The minimum Gasteiger partial charge on any atom is -0.371 e. The minimum absolute atomic E-state index is 0.0279. The zero-order valence-corrected chi connectivity index (χ0v) is 12.4. The predicted octanol–water partition coefficient (Wildman–Crippen LogP) is 0.932. The van der Waals surface area contributed by atoms with Crippen LogP contribution in [0.25, 0.3) is 16.5 Å². The van der Waals surface area contributed by atoms with Crippen molar-refractivity contribution in [3.8, 4) is 0 Å². The number of hydrogen-bond donors (Lipinski definition) is 4. The maximum absolute atomic E-state index is 12.3. The second kappa shape index (κ2) is 4.45. The van der Waals surface area contributed by atoms with Crippen molar-refractivity contribution >= 4 is 28.3 Å². The maximum Gasteiger partial charge on any atom is 0.275 e. The van der Waals surface area contributed by atoms with E-state index in [-0.39, 0.29) is 23.9 Å². The summed E-state index contributed by atoms with van der Waals surface area (Å²) in [4.78, 5) is 27.8. The Kier molecular flexibility index (Phi) is 2.50. The Labute approximate surface area is 132 Å². The highest BCUT2D eigenvalue weighted by Crippen LogP contribution is 2.39. The number of carbonyl (C=O) groups is 2. The van der Waals surface area contributed by atoms with Gasteiger partial charge in [-0.05, 0) is 31.0 Å². The number of hydrogen-bond acceptors (Lipinski definition) is 4.